The standard InChI is InChI=1S/C17H21F3N2O/c1-23-14-4-5-16-15(10-14)12(11-21-16)9-13-3-2-7-22(13)8-6-17(18,19)20/h4-5,10-11,13,21H,2-3,6-9H2,1H3. The molecule has 2 aromatic rings. The van der Waals surface area contributed by atoms with E-state index in [-0.39, 0.29) is 12.6 Å². The van der Waals surface area contributed by atoms with E-state index in [1.54, 1.807) is 7.11 Å². The van der Waals surface area contributed by atoms with E-state index in [2.05, 4.69) is 4.98 Å². The molecule has 0 saturated carbocycles. The van der Waals surface area contributed by atoms with Gasteiger partial charge in [0, 0.05) is 29.7 Å². The fourth-order valence-corrected chi connectivity index (χ4v) is 3.40. The van der Waals surface area contributed by atoms with Crippen LogP contribution in [-0.4, -0.2) is 42.3 Å². The third-order valence-corrected chi connectivity index (χ3v) is 4.61. The molecule has 1 aromatic heterocycles. The maximum absolute atomic E-state index is 12.5. The van der Waals surface area contributed by atoms with Crippen LogP contribution in [0.1, 0.15) is 24.8 Å². The molecule has 0 amide bonds. The Labute approximate surface area is 133 Å². The van der Waals surface area contributed by atoms with Gasteiger partial charge < -0.3 is 9.72 Å². The van der Waals surface area contributed by atoms with Crippen LogP contribution in [0.2, 0.25) is 0 Å². The highest BCUT2D eigenvalue weighted by molar-refractivity contribution is 5.84. The average molecular weight is 326 g/mol. The zero-order valence-corrected chi connectivity index (χ0v) is 13.1. The lowest BCUT2D eigenvalue weighted by molar-refractivity contribution is -0.138. The van der Waals surface area contributed by atoms with Crippen molar-refractivity contribution in [3.05, 3.63) is 30.0 Å². The first-order valence-corrected chi connectivity index (χ1v) is 7.91. The second-order valence-corrected chi connectivity index (χ2v) is 6.13. The minimum absolute atomic E-state index is 0.0971. The Kier molecular flexibility index (Phi) is 4.53. The largest absolute Gasteiger partial charge is 0.497 e. The van der Waals surface area contributed by atoms with Crippen LogP contribution in [0.15, 0.2) is 24.4 Å². The number of benzene rings is 1. The van der Waals surface area contributed by atoms with Crippen molar-refractivity contribution in [1.82, 2.24) is 9.88 Å². The van der Waals surface area contributed by atoms with Gasteiger partial charge in [-0.15, -0.1) is 0 Å². The van der Waals surface area contributed by atoms with Crippen LogP contribution in [0.3, 0.4) is 0 Å². The fraction of sp³-hybridized carbons (Fsp3) is 0.529. The van der Waals surface area contributed by atoms with Gasteiger partial charge in [-0.2, -0.15) is 13.2 Å². The molecule has 2 heterocycles. The maximum Gasteiger partial charge on any atom is 0.390 e. The molecule has 0 aliphatic carbocycles. The summed E-state index contributed by atoms with van der Waals surface area (Å²) < 4.78 is 42.6. The smallest absolute Gasteiger partial charge is 0.390 e. The number of rotatable bonds is 5. The zero-order chi connectivity index (χ0) is 16.4. The topological polar surface area (TPSA) is 28.3 Å². The molecule has 23 heavy (non-hydrogen) atoms. The predicted octanol–water partition coefficient (Wildman–Crippen LogP) is 4.14. The molecule has 1 aromatic carbocycles. The van der Waals surface area contributed by atoms with Crippen LogP contribution in [0.5, 0.6) is 5.75 Å². The fourth-order valence-electron chi connectivity index (χ4n) is 3.40. The van der Waals surface area contributed by atoms with Crippen molar-refractivity contribution >= 4 is 10.9 Å². The molecule has 1 unspecified atom stereocenters. The highest BCUT2D eigenvalue weighted by Gasteiger charge is 2.31. The van der Waals surface area contributed by atoms with Crippen LogP contribution in [0.4, 0.5) is 13.2 Å². The number of hydrogen-bond donors (Lipinski definition) is 1. The lowest BCUT2D eigenvalue weighted by atomic mass is 10.0. The van der Waals surface area contributed by atoms with E-state index >= 15 is 0 Å². The monoisotopic (exact) mass is 326 g/mol. The summed E-state index contributed by atoms with van der Waals surface area (Å²) in [7, 11) is 1.63. The number of halogens is 3. The molecule has 1 aliphatic rings. The molecule has 3 nitrogen and oxygen atoms in total. The van der Waals surface area contributed by atoms with Crippen molar-refractivity contribution in [2.24, 2.45) is 0 Å². The summed E-state index contributed by atoms with van der Waals surface area (Å²) in [5, 5.41) is 1.09. The molecule has 0 bridgehead atoms. The maximum atomic E-state index is 12.5. The molecule has 1 atom stereocenters. The van der Waals surface area contributed by atoms with Crippen LogP contribution in [0.25, 0.3) is 10.9 Å². The third kappa shape index (κ3) is 3.80. The van der Waals surface area contributed by atoms with Crippen molar-refractivity contribution < 1.29 is 17.9 Å². The van der Waals surface area contributed by atoms with Crippen molar-refractivity contribution in [3.63, 3.8) is 0 Å². The number of fused-ring (bicyclic) bond motifs is 1. The predicted molar refractivity (Wildman–Crippen MR) is 83.8 cm³/mol. The van der Waals surface area contributed by atoms with E-state index in [4.69, 9.17) is 4.74 Å². The number of hydrogen-bond acceptors (Lipinski definition) is 2. The Hall–Kier alpha value is -1.69. The summed E-state index contributed by atoms with van der Waals surface area (Å²) in [6.45, 7) is 0.853. The van der Waals surface area contributed by atoms with Crippen LogP contribution < -0.4 is 4.74 Å². The summed E-state index contributed by atoms with van der Waals surface area (Å²) in [6.07, 6.45) is -0.162. The lowest BCUT2D eigenvalue weighted by Gasteiger charge is -2.24. The van der Waals surface area contributed by atoms with Crippen LogP contribution >= 0.6 is 0 Å². The third-order valence-electron chi connectivity index (χ3n) is 4.61. The number of H-pyrrole nitrogens is 1. The molecule has 0 spiro atoms. The number of nitrogens with one attached hydrogen (secondary N) is 1. The average Bonchev–Trinajstić information content (AvgIpc) is 3.11. The Morgan fingerprint density at radius 3 is 2.91 bits per heavy atom. The first-order valence-electron chi connectivity index (χ1n) is 7.91. The minimum Gasteiger partial charge on any atom is -0.497 e. The molecular weight excluding hydrogens is 305 g/mol. The number of ether oxygens (including phenoxy) is 1. The number of aromatic nitrogens is 1. The molecule has 6 heteroatoms. The van der Waals surface area contributed by atoms with E-state index < -0.39 is 12.6 Å². The zero-order valence-electron chi connectivity index (χ0n) is 13.1. The Morgan fingerprint density at radius 2 is 2.17 bits per heavy atom. The molecule has 1 aliphatic heterocycles. The summed E-state index contributed by atoms with van der Waals surface area (Å²) >= 11 is 0. The molecule has 0 radical (unpaired) electrons. The molecule has 1 N–H and O–H groups in total. The van der Waals surface area contributed by atoms with E-state index in [9.17, 15) is 13.2 Å². The Bertz CT molecular complexity index is 665. The number of aromatic amines is 1. The summed E-state index contributed by atoms with van der Waals surface area (Å²) in [6, 6.07) is 6.03. The van der Waals surface area contributed by atoms with Crippen LogP contribution in [0, 0.1) is 0 Å². The molecule has 1 fully saturated rings. The van der Waals surface area contributed by atoms with Gasteiger partial charge in [0.2, 0.25) is 0 Å². The van der Waals surface area contributed by atoms with E-state index in [0.717, 1.165) is 48.0 Å². The number of nitrogens with zero attached hydrogens (tertiary/aromatic N) is 1. The highest BCUT2D eigenvalue weighted by atomic mass is 19.4. The second-order valence-electron chi connectivity index (χ2n) is 6.13. The van der Waals surface area contributed by atoms with Gasteiger partial charge in [0.05, 0.1) is 13.5 Å². The van der Waals surface area contributed by atoms with E-state index in [1.807, 2.05) is 29.3 Å². The van der Waals surface area contributed by atoms with E-state index in [1.165, 1.54) is 0 Å². The van der Waals surface area contributed by atoms with E-state index in [0.29, 0.717) is 0 Å². The Balaban J connectivity index is 1.73. The van der Waals surface area contributed by atoms with Gasteiger partial charge in [-0.1, -0.05) is 0 Å². The first kappa shape index (κ1) is 16.2. The van der Waals surface area contributed by atoms with Gasteiger partial charge in [0.15, 0.2) is 0 Å². The van der Waals surface area contributed by atoms with Gasteiger partial charge in [-0.3, -0.25) is 4.90 Å². The molecular formula is C17H21F3N2O. The van der Waals surface area contributed by atoms with Crippen LogP contribution in [-0.2, 0) is 6.42 Å². The number of likely N-dealkylation sites (tertiary alicyclic amines) is 1. The summed E-state index contributed by atoms with van der Waals surface area (Å²) in [5.74, 6) is 0.790. The SMILES string of the molecule is COc1ccc2[nH]cc(CC3CCCN3CCC(F)(F)F)c2c1. The van der Waals surface area contributed by atoms with Crippen molar-refractivity contribution in [2.45, 2.75) is 37.9 Å². The van der Waals surface area contributed by atoms with Crippen molar-refractivity contribution in [3.8, 4) is 5.75 Å². The second kappa shape index (κ2) is 6.43. The molecule has 3 rings (SSSR count). The molecule has 126 valence electrons. The normalized spacial score (nSPS) is 19.6. The number of methoxy groups -OCH3 is 1. The quantitative estimate of drug-likeness (QED) is 0.894. The van der Waals surface area contributed by atoms with Crippen molar-refractivity contribution in [1.29, 1.82) is 0 Å². The molecule has 1 saturated heterocycles. The first-order chi connectivity index (χ1) is 11.0. The highest BCUT2D eigenvalue weighted by Crippen LogP contribution is 2.29. The van der Waals surface area contributed by atoms with Gasteiger partial charge in [0.25, 0.3) is 0 Å². The minimum atomic E-state index is -4.08. The summed E-state index contributed by atoms with van der Waals surface area (Å²) in [5.41, 5.74) is 2.17. The van der Waals surface area contributed by atoms with Gasteiger partial charge in [-0.05, 0) is 49.6 Å². The lowest BCUT2D eigenvalue weighted by Crippen LogP contribution is -2.34. The van der Waals surface area contributed by atoms with Crippen molar-refractivity contribution in [2.75, 3.05) is 20.2 Å². The Morgan fingerprint density at radius 1 is 1.35 bits per heavy atom. The number of alkyl halides is 3. The summed E-state index contributed by atoms with van der Waals surface area (Å²) in [4.78, 5) is 5.21. The van der Waals surface area contributed by atoms with Gasteiger partial charge in [0.1, 0.15) is 5.75 Å². The van der Waals surface area contributed by atoms with Gasteiger partial charge >= 0.3 is 6.18 Å². The van der Waals surface area contributed by atoms with Gasteiger partial charge in [-0.25, -0.2) is 0 Å².